The molecule has 0 saturated carbocycles. The van der Waals surface area contributed by atoms with Gasteiger partial charge in [0.25, 0.3) is 0 Å². The molecule has 0 aromatic heterocycles. The molecule has 1 aliphatic rings. The highest BCUT2D eigenvalue weighted by atomic mass is 35.5. The molecule has 22 heavy (non-hydrogen) atoms. The summed E-state index contributed by atoms with van der Waals surface area (Å²) in [5.74, 6) is 0.372. The first-order chi connectivity index (χ1) is 10.6. The smallest absolute Gasteiger partial charge is 0.131 e. The van der Waals surface area contributed by atoms with Crippen molar-refractivity contribution in [3.63, 3.8) is 0 Å². The van der Waals surface area contributed by atoms with Gasteiger partial charge < -0.3 is 10.1 Å². The van der Waals surface area contributed by atoms with Crippen LogP contribution in [0.5, 0.6) is 5.75 Å². The number of halogens is 3. The Morgan fingerprint density at radius 2 is 2.00 bits per heavy atom. The van der Waals surface area contributed by atoms with E-state index in [-0.39, 0.29) is 11.9 Å². The van der Waals surface area contributed by atoms with Crippen LogP contribution < -0.4 is 10.1 Å². The van der Waals surface area contributed by atoms with Crippen molar-refractivity contribution in [1.29, 1.82) is 0 Å². The highest BCUT2D eigenvalue weighted by Crippen LogP contribution is 2.44. The number of ether oxygens (including phenoxy) is 1. The molecule has 2 aromatic rings. The summed E-state index contributed by atoms with van der Waals surface area (Å²) < 4.78 is 20.0. The first kappa shape index (κ1) is 15.6. The summed E-state index contributed by atoms with van der Waals surface area (Å²) in [4.78, 5) is 0. The van der Waals surface area contributed by atoms with Crippen molar-refractivity contribution < 1.29 is 9.13 Å². The molecule has 0 bridgehead atoms. The number of nitrogens with one attached hydrogen (secondary N) is 1. The van der Waals surface area contributed by atoms with E-state index in [1.807, 2.05) is 6.92 Å². The molecular weight excluding hydrogens is 324 g/mol. The van der Waals surface area contributed by atoms with Crippen LogP contribution in [-0.4, -0.2) is 19.2 Å². The Bertz CT molecular complexity index is 685. The molecule has 1 aliphatic heterocycles. The normalized spacial score (nSPS) is 16.5. The van der Waals surface area contributed by atoms with Gasteiger partial charge in [0.15, 0.2) is 0 Å². The van der Waals surface area contributed by atoms with E-state index in [1.54, 1.807) is 18.2 Å². The standard InChI is InChI=1S/C17H16Cl2FNO/c1-2-21-9-12-7-10-6-11(20)8-13(17(10)22-12)16-14(18)4-3-5-15(16)19/h3-6,8,12,21H,2,7,9H2,1H3. The topological polar surface area (TPSA) is 21.3 Å². The van der Waals surface area contributed by atoms with Crippen LogP contribution in [0.3, 0.4) is 0 Å². The lowest BCUT2D eigenvalue weighted by atomic mass is 10.00. The maximum absolute atomic E-state index is 14.0. The van der Waals surface area contributed by atoms with Gasteiger partial charge in [-0.15, -0.1) is 0 Å². The predicted molar refractivity (Wildman–Crippen MR) is 88.5 cm³/mol. The van der Waals surface area contributed by atoms with Gasteiger partial charge in [-0.1, -0.05) is 36.2 Å². The Kier molecular flexibility index (Phi) is 4.57. The van der Waals surface area contributed by atoms with Gasteiger partial charge in [-0.2, -0.15) is 0 Å². The molecule has 116 valence electrons. The number of rotatable bonds is 4. The highest BCUT2D eigenvalue weighted by molar-refractivity contribution is 6.39. The molecule has 2 nitrogen and oxygen atoms in total. The molecule has 0 amide bonds. The van der Waals surface area contributed by atoms with Crippen molar-refractivity contribution in [2.24, 2.45) is 0 Å². The second-order valence-corrected chi connectivity index (χ2v) is 6.10. The molecule has 0 radical (unpaired) electrons. The summed E-state index contributed by atoms with van der Waals surface area (Å²) in [6.45, 7) is 3.63. The summed E-state index contributed by atoms with van der Waals surface area (Å²) in [5.41, 5.74) is 2.09. The number of fused-ring (bicyclic) bond motifs is 1. The maximum Gasteiger partial charge on any atom is 0.131 e. The molecule has 5 heteroatoms. The Morgan fingerprint density at radius 3 is 2.68 bits per heavy atom. The summed E-state index contributed by atoms with van der Waals surface area (Å²) in [6, 6.07) is 8.20. The lowest BCUT2D eigenvalue weighted by molar-refractivity contribution is 0.229. The molecule has 1 atom stereocenters. The van der Waals surface area contributed by atoms with E-state index in [2.05, 4.69) is 5.32 Å². The fourth-order valence-corrected chi connectivity index (χ4v) is 3.36. The van der Waals surface area contributed by atoms with Crippen LogP contribution in [0.2, 0.25) is 10.0 Å². The highest BCUT2D eigenvalue weighted by Gasteiger charge is 2.28. The third-order valence-electron chi connectivity index (χ3n) is 3.72. The van der Waals surface area contributed by atoms with Crippen LogP contribution in [0, 0.1) is 5.82 Å². The summed E-state index contributed by atoms with van der Waals surface area (Å²) in [6.07, 6.45) is 0.673. The van der Waals surface area contributed by atoms with Crippen molar-refractivity contribution >= 4 is 23.2 Å². The zero-order valence-corrected chi connectivity index (χ0v) is 13.6. The fraction of sp³-hybridized carbons (Fsp3) is 0.294. The number of likely N-dealkylation sites (N-methyl/N-ethyl adjacent to an activating group) is 1. The summed E-state index contributed by atoms with van der Waals surface area (Å²) in [7, 11) is 0. The third kappa shape index (κ3) is 2.94. The van der Waals surface area contributed by atoms with Crippen molar-refractivity contribution in [1.82, 2.24) is 5.32 Å². The Hall–Kier alpha value is -1.29. The molecule has 2 aromatic carbocycles. The molecule has 0 aliphatic carbocycles. The summed E-state index contributed by atoms with van der Waals surface area (Å²) in [5, 5.41) is 4.22. The van der Waals surface area contributed by atoms with Crippen LogP contribution in [0.15, 0.2) is 30.3 Å². The average molecular weight is 340 g/mol. The lowest BCUT2D eigenvalue weighted by Crippen LogP contribution is -2.29. The molecule has 1 N–H and O–H groups in total. The van der Waals surface area contributed by atoms with Crippen molar-refractivity contribution in [3.8, 4) is 16.9 Å². The first-order valence-corrected chi connectivity index (χ1v) is 8.00. The summed E-state index contributed by atoms with van der Waals surface area (Å²) >= 11 is 12.5. The Morgan fingerprint density at radius 1 is 1.27 bits per heavy atom. The first-order valence-electron chi connectivity index (χ1n) is 7.24. The van der Waals surface area contributed by atoms with Gasteiger partial charge in [0.05, 0.1) is 10.0 Å². The van der Waals surface area contributed by atoms with E-state index >= 15 is 0 Å². The van der Waals surface area contributed by atoms with Crippen molar-refractivity contribution in [2.75, 3.05) is 13.1 Å². The van der Waals surface area contributed by atoms with E-state index in [0.29, 0.717) is 33.3 Å². The minimum Gasteiger partial charge on any atom is -0.488 e. The number of benzene rings is 2. The largest absolute Gasteiger partial charge is 0.488 e. The van der Waals surface area contributed by atoms with Crippen LogP contribution in [-0.2, 0) is 6.42 Å². The Labute approximate surface area is 139 Å². The van der Waals surface area contributed by atoms with Gasteiger partial charge in [0, 0.05) is 29.7 Å². The molecule has 1 unspecified atom stereocenters. The second-order valence-electron chi connectivity index (χ2n) is 5.29. The van der Waals surface area contributed by atoms with Crippen molar-refractivity contribution in [2.45, 2.75) is 19.4 Å². The van der Waals surface area contributed by atoms with Crippen LogP contribution in [0.4, 0.5) is 4.39 Å². The SMILES string of the molecule is CCNCC1Cc2cc(F)cc(-c3c(Cl)cccc3Cl)c2O1. The number of hydrogen-bond donors (Lipinski definition) is 1. The predicted octanol–water partition coefficient (Wildman–Crippen LogP) is 4.71. The third-order valence-corrected chi connectivity index (χ3v) is 4.35. The van der Waals surface area contributed by atoms with E-state index in [1.165, 1.54) is 12.1 Å². The molecule has 0 saturated heterocycles. The van der Waals surface area contributed by atoms with E-state index in [4.69, 9.17) is 27.9 Å². The zero-order valence-electron chi connectivity index (χ0n) is 12.1. The van der Waals surface area contributed by atoms with Crippen molar-refractivity contribution in [3.05, 3.63) is 51.8 Å². The van der Waals surface area contributed by atoms with Gasteiger partial charge in [0.1, 0.15) is 17.7 Å². The molecular formula is C17H16Cl2FNO. The fourth-order valence-electron chi connectivity index (χ4n) is 2.75. The second kappa shape index (κ2) is 6.45. The monoisotopic (exact) mass is 339 g/mol. The van der Waals surface area contributed by atoms with Crippen LogP contribution >= 0.6 is 23.2 Å². The van der Waals surface area contributed by atoms with Crippen LogP contribution in [0.25, 0.3) is 11.1 Å². The van der Waals surface area contributed by atoms with Gasteiger partial charge in [-0.25, -0.2) is 4.39 Å². The maximum atomic E-state index is 14.0. The molecule has 0 spiro atoms. The minimum atomic E-state index is -0.308. The van der Waals surface area contributed by atoms with Gasteiger partial charge in [-0.05, 0) is 30.8 Å². The average Bonchev–Trinajstić information content (AvgIpc) is 2.87. The zero-order chi connectivity index (χ0) is 15.7. The van der Waals surface area contributed by atoms with E-state index in [9.17, 15) is 4.39 Å². The van der Waals surface area contributed by atoms with E-state index in [0.717, 1.165) is 18.7 Å². The molecule has 1 heterocycles. The van der Waals surface area contributed by atoms with Gasteiger partial charge in [-0.3, -0.25) is 0 Å². The molecule has 0 fully saturated rings. The quantitative estimate of drug-likeness (QED) is 0.870. The van der Waals surface area contributed by atoms with E-state index < -0.39 is 0 Å². The van der Waals surface area contributed by atoms with Gasteiger partial charge in [0.2, 0.25) is 0 Å². The lowest BCUT2D eigenvalue weighted by Gasteiger charge is -2.14. The number of hydrogen-bond acceptors (Lipinski definition) is 2. The van der Waals surface area contributed by atoms with Crippen LogP contribution in [0.1, 0.15) is 12.5 Å². The minimum absolute atomic E-state index is 0.00300. The Balaban J connectivity index is 2.05. The molecule has 3 rings (SSSR count). The van der Waals surface area contributed by atoms with Gasteiger partial charge >= 0.3 is 0 Å².